The van der Waals surface area contributed by atoms with E-state index in [1.807, 2.05) is 42.2 Å². The smallest absolute Gasteiger partial charge is 0.353 e. The number of nitrogens with zero attached hydrogens (tertiary/aromatic N) is 4. The fourth-order valence-electron chi connectivity index (χ4n) is 4.52. The van der Waals surface area contributed by atoms with Gasteiger partial charge in [0, 0.05) is 29.4 Å². The van der Waals surface area contributed by atoms with E-state index in [1.165, 1.54) is 6.33 Å². The second-order valence-corrected chi connectivity index (χ2v) is 8.87. The number of hydrogen-bond acceptors (Lipinski definition) is 7. The van der Waals surface area contributed by atoms with Gasteiger partial charge in [0.25, 0.3) is 0 Å². The van der Waals surface area contributed by atoms with E-state index in [0.717, 1.165) is 18.5 Å². The molecule has 0 amide bonds. The standard InChI is InChI=1S/C21H30N6O2/c1-6-26(16-10-8-7-9-11-16)19-17(27(28)29)18(22-14-23-19)24-15-12-20(2,3)25-21(4,5)13-15/h7-11,14-15,25H,6,12-13H2,1-5H3,(H,22,23,24). The van der Waals surface area contributed by atoms with Crippen molar-refractivity contribution in [2.75, 3.05) is 16.8 Å². The molecule has 0 atom stereocenters. The van der Waals surface area contributed by atoms with Crippen LogP contribution in [-0.2, 0) is 0 Å². The van der Waals surface area contributed by atoms with E-state index in [-0.39, 0.29) is 33.5 Å². The van der Waals surface area contributed by atoms with Crippen LogP contribution in [0.5, 0.6) is 0 Å². The number of nitro groups is 1. The van der Waals surface area contributed by atoms with E-state index in [4.69, 9.17) is 0 Å². The molecule has 0 radical (unpaired) electrons. The Kier molecular flexibility index (Phi) is 5.75. The third-order valence-corrected chi connectivity index (χ3v) is 5.16. The minimum atomic E-state index is -0.388. The van der Waals surface area contributed by atoms with E-state index in [2.05, 4.69) is 48.3 Å². The average molecular weight is 399 g/mol. The molecule has 1 fully saturated rings. The van der Waals surface area contributed by atoms with Gasteiger partial charge >= 0.3 is 5.69 Å². The number of rotatable bonds is 6. The first-order valence-corrected chi connectivity index (χ1v) is 10.00. The first kappa shape index (κ1) is 21.0. The van der Waals surface area contributed by atoms with E-state index in [9.17, 15) is 10.1 Å². The fourth-order valence-corrected chi connectivity index (χ4v) is 4.52. The Balaban J connectivity index is 1.98. The SMILES string of the molecule is CCN(c1ccccc1)c1ncnc(NC2CC(C)(C)NC(C)(C)C2)c1[N+](=O)[O-]. The number of benzene rings is 1. The summed E-state index contributed by atoms with van der Waals surface area (Å²) < 4.78 is 0. The number of piperidine rings is 1. The molecule has 1 aromatic heterocycles. The van der Waals surface area contributed by atoms with Gasteiger partial charge in [-0.25, -0.2) is 9.97 Å². The van der Waals surface area contributed by atoms with Crippen LogP contribution in [0, 0.1) is 10.1 Å². The van der Waals surface area contributed by atoms with Gasteiger partial charge in [-0.05, 0) is 59.6 Å². The van der Waals surface area contributed by atoms with Crippen LogP contribution in [0.25, 0.3) is 0 Å². The molecule has 0 spiro atoms. The third-order valence-electron chi connectivity index (χ3n) is 5.16. The lowest BCUT2D eigenvalue weighted by Gasteiger charge is -2.46. The maximum Gasteiger partial charge on any atom is 0.353 e. The Hall–Kier alpha value is -2.74. The number of anilines is 3. The van der Waals surface area contributed by atoms with Crippen molar-refractivity contribution in [3.05, 3.63) is 46.8 Å². The summed E-state index contributed by atoms with van der Waals surface area (Å²) in [6.07, 6.45) is 3.07. The molecule has 1 saturated heterocycles. The van der Waals surface area contributed by atoms with Crippen LogP contribution in [-0.4, -0.2) is 38.6 Å². The normalized spacial score (nSPS) is 18.2. The quantitative estimate of drug-likeness (QED) is 0.554. The predicted octanol–water partition coefficient (Wildman–Crippen LogP) is 4.26. The average Bonchev–Trinajstić information content (AvgIpc) is 2.60. The van der Waals surface area contributed by atoms with Gasteiger partial charge in [-0.1, -0.05) is 18.2 Å². The van der Waals surface area contributed by atoms with Gasteiger partial charge in [-0.2, -0.15) is 0 Å². The van der Waals surface area contributed by atoms with Crippen molar-refractivity contribution in [3.8, 4) is 0 Å². The van der Waals surface area contributed by atoms with Crippen molar-refractivity contribution in [3.63, 3.8) is 0 Å². The molecular weight excluding hydrogens is 368 g/mol. The van der Waals surface area contributed by atoms with E-state index in [1.54, 1.807) is 0 Å². The molecule has 8 nitrogen and oxygen atoms in total. The monoisotopic (exact) mass is 398 g/mol. The van der Waals surface area contributed by atoms with Crippen LogP contribution >= 0.6 is 0 Å². The van der Waals surface area contributed by atoms with Crippen molar-refractivity contribution < 1.29 is 4.92 Å². The second-order valence-electron chi connectivity index (χ2n) is 8.87. The summed E-state index contributed by atoms with van der Waals surface area (Å²) in [6.45, 7) is 11.1. The second kappa shape index (κ2) is 7.94. The lowest BCUT2D eigenvalue weighted by atomic mass is 9.79. The summed E-state index contributed by atoms with van der Waals surface area (Å²) in [7, 11) is 0. The maximum absolute atomic E-state index is 12.0. The molecule has 2 N–H and O–H groups in total. The molecule has 2 heterocycles. The Bertz CT molecular complexity index is 853. The Morgan fingerprint density at radius 1 is 1.17 bits per heavy atom. The summed E-state index contributed by atoms with van der Waals surface area (Å²) in [5.74, 6) is 0.571. The number of nitrogens with one attached hydrogen (secondary N) is 2. The van der Waals surface area contributed by atoms with Gasteiger partial charge in [0.05, 0.1) is 4.92 Å². The van der Waals surface area contributed by atoms with Crippen LogP contribution in [0.2, 0.25) is 0 Å². The topological polar surface area (TPSA) is 96.2 Å². The van der Waals surface area contributed by atoms with Gasteiger partial charge in [0.1, 0.15) is 6.33 Å². The van der Waals surface area contributed by atoms with Crippen LogP contribution in [0.4, 0.5) is 23.0 Å². The highest BCUT2D eigenvalue weighted by Crippen LogP contribution is 2.37. The Labute approximate surface area is 171 Å². The zero-order chi connectivity index (χ0) is 21.2. The number of aromatic nitrogens is 2. The highest BCUT2D eigenvalue weighted by atomic mass is 16.6. The Morgan fingerprint density at radius 3 is 2.34 bits per heavy atom. The summed E-state index contributed by atoms with van der Waals surface area (Å²) in [5, 5.41) is 19.0. The first-order valence-electron chi connectivity index (χ1n) is 10.00. The molecule has 1 aliphatic heterocycles. The Morgan fingerprint density at radius 2 is 1.79 bits per heavy atom. The van der Waals surface area contributed by atoms with Gasteiger partial charge in [-0.15, -0.1) is 0 Å². The van der Waals surface area contributed by atoms with Gasteiger partial charge in [0.15, 0.2) is 0 Å². The van der Waals surface area contributed by atoms with E-state index in [0.29, 0.717) is 12.4 Å². The van der Waals surface area contributed by atoms with Crippen LogP contribution in [0.3, 0.4) is 0 Å². The molecule has 2 aromatic rings. The van der Waals surface area contributed by atoms with Crippen molar-refractivity contribution >= 4 is 23.0 Å². The molecule has 1 aromatic carbocycles. The van der Waals surface area contributed by atoms with E-state index >= 15 is 0 Å². The predicted molar refractivity (Wildman–Crippen MR) is 116 cm³/mol. The molecule has 0 unspecified atom stereocenters. The highest BCUT2D eigenvalue weighted by molar-refractivity contribution is 5.75. The lowest BCUT2D eigenvalue weighted by molar-refractivity contribution is -0.383. The first-order chi connectivity index (χ1) is 13.6. The van der Waals surface area contributed by atoms with Crippen LogP contribution in [0.15, 0.2) is 36.7 Å². The molecule has 0 saturated carbocycles. The molecule has 29 heavy (non-hydrogen) atoms. The van der Waals surface area contributed by atoms with Gasteiger partial charge in [0.2, 0.25) is 11.6 Å². The summed E-state index contributed by atoms with van der Waals surface area (Å²) in [4.78, 5) is 22.0. The van der Waals surface area contributed by atoms with Crippen molar-refractivity contribution in [1.82, 2.24) is 15.3 Å². The molecule has 3 rings (SSSR count). The van der Waals surface area contributed by atoms with Crippen LogP contribution in [0.1, 0.15) is 47.5 Å². The fraction of sp³-hybridized carbons (Fsp3) is 0.524. The zero-order valence-electron chi connectivity index (χ0n) is 17.8. The molecule has 156 valence electrons. The van der Waals surface area contributed by atoms with Gasteiger partial charge < -0.3 is 15.5 Å². The molecule has 0 bridgehead atoms. The molecular formula is C21H30N6O2. The summed E-state index contributed by atoms with van der Waals surface area (Å²) >= 11 is 0. The molecule has 1 aliphatic rings. The maximum atomic E-state index is 12.0. The zero-order valence-corrected chi connectivity index (χ0v) is 17.8. The third kappa shape index (κ3) is 4.82. The number of hydrogen-bond donors (Lipinski definition) is 2. The molecule has 8 heteroatoms. The van der Waals surface area contributed by atoms with Crippen LogP contribution < -0.4 is 15.5 Å². The highest BCUT2D eigenvalue weighted by Gasteiger charge is 2.39. The van der Waals surface area contributed by atoms with Crippen molar-refractivity contribution in [1.29, 1.82) is 0 Å². The molecule has 0 aliphatic carbocycles. The minimum Gasteiger partial charge on any atom is -0.361 e. The van der Waals surface area contributed by atoms with E-state index < -0.39 is 0 Å². The largest absolute Gasteiger partial charge is 0.361 e. The minimum absolute atomic E-state index is 0.0644. The summed E-state index contributed by atoms with van der Waals surface area (Å²) in [5.41, 5.74) is 0.604. The number of para-hydroxylation sites is 1. The lowest BCUT2D eigenvalue weighted by Crippen LogP contribution is -2.60. The van der Waals surface area contributed by atoms with Crippen molar-refractivity contribution in [2.45, 2.75) is 64.6 Å². The summed E-state index contributed by atoms with van der Waals surface area (Å²) in [6, 6.07) is 9.63. The van der Waals surface area contributed by atoms with Gasteiger partial charge in [-0.3, -0.25) is 10.1 Å². The van der Waals surface area contributed by atoms with Crippen molar-refractivity contribution in [2.24, 2.45) is 0 Å².